The van der Waals surface area contributed by atoms with Crippen molar-refractivity contribution >= 4 is 11.4 Å². The van der Waals surface area contributed by atoms with Gasteiger partial charge in [0.15, 0.2) is 0 Å². The Kier molecular flexibility index (Phi) is 5.38. The van der Waals surface area contributed by atoms with Gasteiger partial charge in [-0.1, -0.05) is 0 Å². The zero-order valence-corrected chi connectivity index (χ0v) is 12.2. The molecule has 0 radical (unpaired) electrons. The van der Waals surface area contributed by atoms with Crippen LogP contribution in [0.25, 0.3) is 0 Å². The molecular weight excluding hydrogens is 272 g/mol. The average molecular weight is 294 g/mol. The van der Waals surface area contributed by atoms with E-state index in [0.29, 0.717) is 24.0 Å². The third-order valence-corrected chi connectivity index (χ3v) is 3.82. The molecule has 0 heterocycles. The fraction of sp³-hybridized carbons (Fsp3) is 0.600. The van der Waals surface area contributed by atoms with Crippen molar-refractivity contribution in [3.05, 3.63) is 28.3 Å². The Morgan fingerprint density at radius 2 is 2.05 bits per heavy atom. The Labute approximate surface area is 124 Å². The van der Waals surface area contributed by atoms with E-state index in [1.165, 1.54) is 12.1 Å². The SMILES string of the molecule is CCOc1cc(NCC2CCC(O)CC2)cc([N+](=O)[O-])c1. The van der Waals surface area contributed by atoms with Crippen LogP contribution in [0.15, 0.2) is 18.2 Å². The zero-order chi connectivity index (χ0) is 15.2. The van der Waals surface area contributed by atoms with E-state index in [-0.39, 0.29) is 11.8 Å². The van der Waals surface area contributed by atoms with E-state index < -0.39 is 4.92 Å². The second kappa shape index (κ2) is 7.26. The second-order valence-electron chi connectivity index (χ2n) is 5.46. The number of non-ortho nitro benzene ring substituents is 1. The number of nitro benzene ring substituents is 1. The first-order valence-corrected chi connectivity index (χ1v) is 7.42. The van der Waals surface area contributed by atoms with Crippen molar-refractivity contribution in [3.8, 4) is 5.75 Å². The third-order valence-electron chi connectivity index (χ3n) is 3.82. The highest BCUT2D eigenvalue weighted by molar-refractivity contribution is 5.56. The number of anilines is 1. The molecule has 1 aromatic carbocycles. The number of aliphatic hydroxyl groups is 1. The molecular formula is C15H22N2O4. The van der Waals surface area contributed by atoms with Crippen LogP contribution in [0.2, 0.25) is 0 Å². The number of nitrogens with one attached hydrogen (secondary N) is 1. The smallest absolute Gasteiger partial charge is 0.275 e. The van der Waals surface area contributed by atoms with E-state index in [2.05, 4.69) is 5.32 Å². The van der Waals surface area contributed by atoms with Gasteiger partial charge in [-0.15, -0.1) is 0 Å². The number of rotatable bonds is 6. The van der Waals surface area contributed by atoms with E-state index in [4.69, 9.17) is 4.74 Å². The van der Waals surface area contributed by atoms with Gasteiger partial charge in [0.2, 0.25) is 0 Å². The van der Waals surface area contributed by atoms with Gasteiger partial charge < -0.3 is 15.2 Å². The van der Waals surface area contributed by atoms with E-state index >= 15 is 0 Å². The highest BCUT2D eigenvalue weighted by Crippen LogP contribution is 2.28. The summed E-state index contributed by atoms with van der Waals surface area (Å²) in [6, 6.07) is 4.75. The first kappa shape index (κ1) is 15.6. The molecule has 0 spiro atoms. The van der Waals surface area contributed by atoms with Crippen LogP contribution in [0.1, 0.15) is 32.6 Å². The molecule has 116 valence electrons. The monoisotopic (exact) mass is 294 g/mol. The van der Waals surface area contributed by atoms with Crippen LogP contribution in [0.4, 0.5) is 11.4 Å². The Morgan fingerprint density at radius 3 is 2.67 bits per heavy atom. The topological polar surface area (TPSA) is 84.6 Å². The number of aliphatic hydroxyl groups excluding tert-OH is 1. The van der Waals surface area contributed by atoms with E-state index in [1.807, 2.05) is 6.92 Å². The lowest BCUT2D eigenvalue weighted by molar-refractivity contribution is -0.384. The molecule has 0 atom stereocenters. The van der Waals surface area contributed by atoms with Crippen molar-refractivity contribution in [1.82, 2.24) is 0 Å². The number of benzene rings is 1. The van der Waals surface area contributed by atoms with Gasteiger partial charge in [0, 0.05) is 24.4 Å². The number of ether oxygens (including phenoxy) is 1. The summed E-state index contributed by atoms with van der Waals surface area (Å²) in [6.45, 7) is 3.08. The molecule has 0 bridgehead atoms. The first-order valence-electron chi connectivity index (χ1n) is 7.42. The predicted octanol–water partition coefficient (Wildman–Crippen LogP) is 2.96. The van der Waals surface area contributed by atoms with E-state index in [9.17, 15) is 15.2 Å². The molecule has 0 amide bonds. The number of nitrogens with zero attached hydrogens (tertiary/aromatic N) is 1. The summed E-state index contributed by atoms with van der Waals surface area (Å²) in [7, 11) is 0. The van der Waals surface area contributed by atoms with Crippen molar-refractivity contribution < 1.29 is 14.8 Å². The van der Waals surface area contributed by atoms with Crippen molar-refractivity contribution in [2.45, 2.75) is 38.7 Å². The van der Waals surface area contributed by atoms with E-state index in [0.717, 1.165) is 32.2 Å². The van der Waals surface area contributed by atoms with Gasteiger partial charge in [-0.05, 0) is 38.5 Å². The van der Waals surface area contributed by atoms with Gasteiger partial charge in [0.1, 0.15) is 5.75 Å². The maximum absolute atomic E-state index is 10.9. The summed E-state index contributed by atoms with van der Waals surface area (Å²) in [4.78, 5) is 10.5. The Balaban J connectivity index is 1.99. The number of nitro groups is 1. The fourth-order valence-corrected chi connectivity index (χ4v) is 2.65. The summed E-state index contributed by atoms with van der Waals surface area (Å²) in [6.07, 6.45) is 3.49. The number of hydrogen-bond donors (Lipinski definition) is 2. The minimum absolute atomic E-state index is 0.0301. The Hall–Kier alpha value is -1.82. The van der Waals surface area contributed by atoms with Gasteiger partial charge in [-0.25, -0.2) is 0 Å². The van der Waals surface area contributed by atoms with Crippen molar-refractivity contribution in [3.63, 3.8) is 0 Å². The maximum Gasteiger partial charge on any atom is 0.275 e. The van der Waals surface area contributed by atoms with Crippen LogP contribution in [-0.4, -0.2) is 29.3 Å². The second-order valence-corrected chi connectivity index (χ2v) is 5.46. The van der Waals surface area contributed by atoms with Crippen LogP contribution >= 0.6 is 0 Å². The predicted molar refractivity (Wildman–Crippen MR) is 80.7 cm³/mol. The summed E-state index contributed by atoms with van der Waals surface area (Å²) in [5.41, 5.74) is 0.737. The van der Waals surface area contributed by atoms with Crippen LogP contribution < -0.4 is 10.1 Å². The Morgan fingerprint density at radius 1 is 1.33 bits per heavy atom. The number of hydrogen-bond acceptors (Lipinski definition) is 5. The largest absolute Gasteiger partial charge is 0.494 e. The summed E-state index contributed by atoms with van der Waals surface area (Å²) in [5.74, 6) is 1.01. The molecule has 21 heavy (non-hydrogen) atoms. The average Bonchev–Trinajstić information content (AvgIpc) is 2.47. The highest BCUT2D eigenvalue weighted by Gasteiger charge is 2.19. The van der Waals surface area contributed by atoms with Gasteiger partial charge in [0.25, 0.3) is 5.69 Å². The lowest BCUT2D eigenvalue weighted by Gasteiger charge is -2.25. The van der Waals surface area contributed by atoms with Crippen LogP contribution in [0, 0.1) is 16.0 Å². The van der Waals surface area contributed by atoms with Crippen LogP contribution in [-0.2, 0) is 0 Å². The van der Waals surface area contributed by atoms with Crippen LogP contribution in [0.3, 0.4) is 0 Å². The van der Waals surface area contributed by atoms with Gasteiger partial charge >= 0.3 is 0 Å². The summed E-state index contributed by atoms with van der Waals surface area (Å²) >= 11 is 0. The molecule has 1 fully saturated rings. The summed E-state index contributed by atoms with van der Waals surface area (Å²) < 4.78 is 5.37. The molecule has 0 saturated heterocycles. The summed E-state index contributed by atoms with van der Waals surface area (Å²) in [5, 5.41) is 23.7. The highest BCUT2D eigenvalue weighted by atomic mass is 16.6. The van der Waals surface area contributed by atoms with Crippen molar-refractivity contribution in [2.24, 2.45) is 5.92 Å². The van der Waals surface area contributed by atoms with Gasteiger partial charge in [-0.2, -0.15) is 0 Å². The Bertz CT molecular complexity index is 485. The molecule has 0 aliphatic heterocycles. The molecule has 2 N–H and O–H groups in total. The maximum atomic E-state index is 10.9. The molecule has 0 unspecified atom stereocenters. The molecule has 6 heteroatoms. The van der Waals surface area contributed by atoms with Crippen LogP contribution in [0.5, 0.6) is 5.75 Å². The lowest BCUT2D eigenvalue weighted by atomic mass is 9.87. The molecule has 2 rings (SSSR count). The molecule has 0 aromatic heterocycles. The van der Waals surface area contributed by atoms with Crippen molar-refractivity contribution in [1.29, 1.82) is 0 Å². The minimum Gasteiger partial charge on any atom is -0.494 e. The first-order chi connectivity index (χ1) is 10.1. The molecule has 1 aromatic rings. The standard InChI is InChI=1S/C15H22N2O4/c1-2-21-15-8-12(7-13(9-15)17(19)20)16-10-11-3-5-14(18)6-4-11/h7-9,11,14,16,18H,2-6,10H2,1H3. The molecule has 1 aliphatic carbocycles. The van der Waals surface area contributed by atoms with E-state index in [1.54, 1.807) is 6.07 Å². The third kappa shape index (κ3) is 4.60. The zero-order valence-electron chi connectivity index (χ0n) is 12.2. The lowest BCUT2D eigenvalue weighted by Crippen LogP contribution is -2.23. The minimum atomic E-state index is -0.412. The normalized spacial score (nSPS) is 21.8. The van der Waals surface area contributed by atoms with Gasteiger partial charge in [0.05, 0.1) is 23.7 Å². The fourth-order valence-electron chi connectivity index (χ4n) is 2.65. The molecule has 6 nitrogen and oxygen atoms in total. The quantitative estimate of drug-likeness (QED) is 0.622. The van der Waals surface area contributed by atoms with Gasteiger partial charge in [-0.3, -0.25) is 10.1 Å². The molecule has 1 saturated carbocycles. The van der Waals surface area contributed by atoms with Crippen molar-refractivity contribution in [2.75, 3.05) is 18.5 Å². The molecule has 1 aliphatic rings.